The molecule has 1 amide bonds. The van der Waals surface area contributed by atoms with Crippen LogP contribution in [0.25, 0.3) is 10.6 Å². The summed E-state index contributed by atoms with van der Waals surface area (Å²) in [5.74, 6) is -0.0357. The zero-order chi connectivity index (χ0) is 13.1. The topological polar surface area (TPSA) is 42.0 Å². The molecule has 18 heavy (non-hydrogen) atoms. The minimum atomic E-state index is -0.0357. The summed E-state index contributed by atoms with van der Waals surface area (Å²) in [6.07, 6.45) is 0. The maximum Gasteiger partial charge on any atom is 0.263 e. The number of benzene rings is 1. The Bertz CT molecular complexity index is 575. The van der Waals surface area contributed by atoms with Crippen molar-refractivity contribution in [3.63, 3.8) is 0 Å². The van der Waals surface area contributed by atoms with Crippen LogP contribution in [0.3, 0.4) is 0 Å². The summed E-state index contributed by atoms with van der Waals surface area (Å²) >= 11 is 1.45. The number of thiazole rings is 1. The third kappa shape index (κ3) is 2.59. The van der Waals surface area contributed by atoms with Crippen molar-refractivity contribution < 1.29 is 4.79 Å². The second-order valence-electron chi connectivity index (χ2n) is 4.16. The van der Waals surface area contributed by atoms with Crippen molar-refractivity contribution >= 4 is 17.2 Å². The zero-order valence-electron chi connectivity index (χ0n) is 10.8. The molecule has 4 heteroatoms. The first-order valence-electron chi connectivity index (χ1n) is 5.94. The Kier molecular flexibility index (Phi) is 3.77. The van der Waals surface area contributed by atoms with Gasteiger partial charge < -0.3 is 5.32 Å². The van der Waals surface area contributed by atoms with Crippen LogP contribution in [0.2, 0.25) is 0 Å². The molecule has 0 bridgehead atoms. The lowest BCUT2D eigenvalue weighted by molar-refractivity contribution is 0.0959. The van der Waals surface area contributed by atoms with Crippen molar-refractivity contribution in [1.29, 1.82) is 0 Å². The van der Waals surface area contributed by atoms with E-state index in [1.807, 2.05) is 26.0 Å². The van der Waals surface area contributed by atoms with Crippen molar-refractivity contribution in [2.75, 3.05) is 6.54 Å². The van der Waals surface area contributed by atoms with E-state index in [9.17, 15) is 4.79 Å². The fraction of sp³-hybridized carbons (Fsp3) is 0.286. The number of aryl methyl sites for hydroxylation is 2. The molecule has 1 aromatic heterocycles. The molecule has 0 aliphatic rings. The molecular formula is C14H16N2OS. The SMILES string of the molecule is CCNC(=O)c1sc(-c2cccc(C)c2)nc1C. The van der Waals surface area contributed by atoms with Crippen LogP contribution in [0.15, 0.2) is 24.3 Å². The molecule has 0 saturated heterocycles. The molecule has 1 N–H and O–H groups in total. The molecule has 0 unspecified atom stereocenters. The van der Waals surface area contributed by atoms with Gasteiger partial charge >= 0.3 is 0 Å². The van der Waals surface area contributed by atoms with Crippen LogP contribution in [0, 0.1) is 13.8 Å². The number of aromatic nitrogens is 1. The van der Waals surface area contributed by atoms with E-state index in [1.54, 1.807) is 0 Å². The lowest BCUT2D eigenvalue weighted by Gasteiger charge is -1.98. The van der Waals surface area contributed by atoms with E-state index in [0.29, 0.717) is 11.4 Å². The number of carbonyl (C=O) groups is 1. The second-order valence-corrected chi connectivity index (χ2v) is 5.16. The Hall–Kier alpha value is -1.68. The Morgan fingerprint density at radius 2 is 2.17 bits per heavy atom. The van der Waals surface area contributed by atoms with Crippen molar-refractivity contribution in [3.8, 4) is 10.6 Å². The van der Waals surface area contributed by atoms with Crippen molar-refractivity contribution in [1.82, 2.24) is 10.3 Å². The molecule has 0 aliphatic carbocycles. The summed E-state index contributed by atoms with van der Waals surface area (Å²) in [6, 6.07) is 8.16. The number of nitrogens with zero attached hydrogens (tertiary/aromatic N) is 1. The molecule has 0 spiro atoms. The molecule has 0 saturated carbocycles. The molecule has 2 rings (SSSR count). The molecule has 0 radical (unpaired) electrons. The van der Waals surface area contributed by atoms with Gasteiger partial charge in [-0.2, -0.15) is 0 Å². The van der Waals surface area contributed by atoms with E-state index in [4.69, 9.17) is 0 Å². The minimum absolute atomic E-state index is 0.0357. The van der Waals surface area contributed by atoms with Crippen LogP contribution in [0.5, 0.6) is 0 Å². The first-order chi connectivity index (χ1) is 8.61. The Morgan fingerprint density at radius 1 is 1.39 bits per heavy atom. The number of nitrogens with one attached hydrogen (secondary N) is 1. The average Bonchev–Trinajstić information content (AvgIpc) is 2.72. The van der Waals surface area contributed by atoms with E-state index in [-0.39, 0.29) is 5.91 Å². The van der Waals surface area contributed by atoms with Gasteiger partial charge in [0.25, 0.3) is 5.91 Å². The highest BCUT2D eigenvalue weighted by Gasteiger charge is 2.15. The monoisotopic (exact) mass is 260 g/mol. The fourth-order valence-electron chi connectivity index (χ4n) is 1.75. The highest BCUT2D eigenvalue weighted by Crippen LogP contribution is 2.28. The van der Waals surface area contributed by atoms with E-state index in [2.05, 4.69) is 29.4 Å². The van der Waals surface area contributed by atoms with Crippen LogP contribution in [0.4, 0.5) is 0 Å². The standard InChI is InChI=1S/C14H16N2OS/c1-4-15-13(17)12-10(3)16-14(18-12)11-7-5-6-9(2)8-11/h5-8H,4H2,1-3H3,(H,15,17). The van der Waals surface area contributed by atoms with Gasteiger partial charge in [-0.25, -0.2) is 4.98 Å². The van der Waals surface area contributed by atoms with Crippen LogP contribution in [-0.2, 0) is 0 Å². The quantitative estimate of drug-likeness (QED) is 0.921. The molecule has 1 aromatic carbocycles. The normalized spacial score (nSPS) is 10.4. The highest BCUT2D eigenvalue weighted by atomic mass is 32.1. The van der Waals surface area contributed by atoms with Gasteiger partial charge in [0.15, 0.2) is 0 Å². The summed E-state index contributed by atoms with van der Waals surface area (Å²) in [6.45, 7) is 6.47. The number of rotatable bonds is 3. The smallest absolute Gasteiger partial charge is 0.263 e. The predicted molar refractivity (Wildman–Crippen MR) is 75.0 cm³/mol. The maximum absolute atomic E-state index is 11.8. The molecule has 0 aliphatic heterocycles. The zero-order valence-corrected chi connectivity index (χ0v) is 11.6. The van der Waals surface area contributed by atoms with Crippen LogP contribution in [0.1, 0.15) is 27.9 Å². The minimum Gasteiger partial charge on any atom is -0.352 e. The third-order valence-corrected chi connectivity index (χ3v) is 3.81. The summed E-state index contributed by atoms with van der Waals surface area (Å²) in [4.78, 5) is 17.0. The molecule has 0 fully saturated rings. The van der Waals surface area contributed by atoms with Gasteiger partial charge in [0.05, 0.1) is 5.69 Å². The van der Waals surface area contributed by atoms with Crippen LogP contribution < -0.4 is 5.32 Å². The molecule has 0 atom stereocenters. The third-order valence-electron chi connectivity index (χ3n) is 2.61. The van der Waals surface area contributed by atoms with Gasteiger partial charge in [-0.3, -0.25) is 4.79 Å². The number of amides is 1. The number of carbonyl (C=O) groups excluding carboxylic acids is 1. The molecule has 2 aromatic rings. The van der Waals surface area contributed by atoms with Gasteiger partial charge in [-0.05, 0) is 26.8 Å². The first-order valence-corrected chi connectivity index (χ1v) is 6.76. The lowest BCUT2D eigenvalue weighted by Crippen LogP contribution is -2.22. The molecule has 3 nitrogen and oxygen atoms in total. The Balaban J connectivity index is 2.37. The average molecular weight is 260 g/mol. The highest BCUT2D eigenvalue weighted by molar-refractivity contribution is 7.17. The fourth-order valence-corrected chi connectivity index (χ4v) is 2.73. The Morgan fingerprint density at radius 3 is 2.83 bits per heavy atom. The van der Waals surface area contributed by atoms with Gasteiger partial charge in [0, 0.05) is 12.1 Å². The predicted octanol–water partition coefficient (Wildman–Crippen LogP) is 3.18. The lowest BCUT2D eigenvalue weighted by atomic mass is 10.1. The van der Waals surface area contributed by atoms with Crippen LogP contribution in [-0.4, -0.2) is 17.4 Å². The van der Waals surface area contributed by atoms with E-state index in [0.717, 1.165) is 16.3 Å². The largest absolute Gasteiger partial charge is 0.352 e. The second kappa shape index (κ2) is 5.31. The molecule has 1 heterocycles. The number of hydrogen-bond donors (Lipinski definition) is 1. The van der Waals surface area contributed by atoms with E-state index >= 15 is 0 Å². The van der Waals surface area contributed by atoms with E-state index in [1.165, 1.54) is 16.9 Å². The first kappa shape index (κ1) is 12.8. The van der Waals surface area contributed by atoms with Crippen LogP contribution >= 0.6 is 11.3 Å². The molecule has 94 valence electrons. The summed E-state index contributed by atoms with van der Waals surface area (Å²) in [5, 5.41) is 3.71. The van der Waals surface area contributed by atoms with Gasteiger partial charge in [0.2, 0.25) is 0 Å². The summed E-state index contributed by atoms with van der Waals surface area (Å²) < 4.78 is 0. The van der Waals surface area contributed by atoms with Gasteiger partial charge in [-0.1, -0.05) is 23.8 Å². The van der Waals surface area contributed by atoms with Gasteiger partial charge in [-0.15, -0.1) is 11.3 Å². The summed E-state index contributed by atoms with van der Waals surface area (Å²) in [5.41, 5.74) is 3.06. The maximum atomic E-state index is 11.8. The summed E-state index contributed by atoms with van der Waals surface area (Å²) in [7, 11) is 0. The molecular weight excluding hydrogens is 244 g/mol. The number of hydrogen-bond acceptors (Lipinski definition) is 3. The Labute approximate surface area is 111 Å². The van der Waals surface area contributed by atoms with Crippen molar-refractivity contribution in [2.45, 2.75) is 20.8 Å². The van der Waals surface area contributed by atoms with Crippen molar-refractivity contribution in [3.05, 3.63) is 40.4 Å². The van der Waals surface area contributed by atoms with E-state index < -0.39 is 0 Å². The van der Waals surface area contributed by atoms with Gasteiger partial charge in [0.1, 0.15) is 9.88 Å². The van der Waals surface area contributed by atoms with Crippen molar-refractivity contribution in [2.24, 2.45) is 0 Å².